The van der Waals surface area contributed by atoms with Gasteiger partial charge in [-0.25, -0.2) is 4.79 Å². The zero-order valence-electron chi connectivity index (χ0n) is 11.6. The first kappa shape index (κ1) is 14.4. The average Bonchev–Trinajstić information content (AvgIpc) is 2.27. The Hall–Kier alpha value is -0.700. The molecule has 1 aliphatic rings. The van der Waals surface area contributed by atoms with Gasteiger partial charge in [0.15, 0.2) is 6.04 Å². The van der Waals surface area contributed by atoms with E-state index in [-0.39, 0.29) is 18.6 Å². The van der Waals surface area contributed by atoms with Crippen LogP contribution in [0.3, 0.4) is 0 Å². The number of hydrogen-bond donors (Lipinski definition) is 1. The summed E-state index contributed by atoms with van der Waals surface area (Å²) in [7, 11) is 0. The SMILES string of the molecule is C=[N+](C(=O)C(C)(C)CO)C1CCC(C)(C)CC1. The third-order valence-electron chi connectivity index (χ3n) is 3.98. The lowest BCUT2D eigenvalue weighted by atomic mass is 9.75. The number of amides is 1. The van der Waals surface area contributed by atoms with E-state index in [0.29, 0.717) is 5.41 Å². The number of hydrogen-bond acceptors (Lipinski definition) is 2. The summed E-state index contributed by atoms with van der Waals surface area (Å²) in [5.41, 5.74) is -0.318. The predicted molar refractivity (Wildman–Crippen MR) is 69.3 cm³/mol. The second-order valence-corrected chi connectivity index (χ2v) is 6.71. The van der Waals surface area contributed by atoms with E-state index in [1.165, 1.54) is 0 Å². The highest BCUT2D eigenvalue weighted by atomic mass is 16.3. The molecule has 1 amide bonds. The molecule has 1 fully saturated rings. The molecule has 0 bridgehead atoms. The van der Waals surface area contributed by atoms with Crippen molar-refractivity contribution in [1.29, 1.82) is 0 Å². The molecule has 17 heavy (non-hydrogen) atoms. The summed E-state index contributed by atoms with van der Waals surface area (Å²) in [6, 6.07) is 0.237. The van der Waals surface area contributed by atoms with Gasteiger partial charge < -0.3 is 5.11 Å². The van der Waals surface area contributed by atoms with Gasteiger partial charge in [-0.15, -0.1) is 0 Å². The number of carbonyl (C=O) groups excluding carboxylic acids is 1. The minimum atomic E-state index is -0.714. The first-order valence-corrected chi connectivity index (χ1v) is 6.45. The molecule has 0 aromatic carbocycles. The first-order chi connectivity index (χ1) is 7.69. The Morgan fingerprint density at radius 1 is 1.41 bits per heavy atom. The lowest BCUT2D eigenvalue weighted by Crippen LogP contribution is -2.43. The van der Waals surface area contributed by atoms with Crippen molar-refractivity contribution in [2.45, 2.75) is 59.4 Å². The molecule has 0 aromatic heterocycles. The number of carbonyl (C=O) groups is 1. The van der Waals surface area contributed by atoms with Crippen LogP contribution in [0.5, 0.6) is 0 Å². The molecule has 0 unspecified atom stereocenters. The normalized spacial score (nSPS) is 21.2. The van der Waals surface area contributed by atoms with Crippen LogP contribution in [0.2, 0.25) is 0 Å². The fraction of sp³-hybridized carbons (Fsp3) is 0.857. The van der Waals surface area contributed by atoms with E-state index in [4.69, 9.17) is 0 Å². The van der Waals surface area contributed by atoms with Crippen LogP contribution in [0.4, 0.5) is 0 Å². The van der Waals surface area contributed by atoms with Crippen LogP contribution in [0.25, 0.3) is 0 Å². The maximum atomic E-state index is 12.2. The van der Waals surface area contributed by atoms with Crippen molar-refractivity contribution in [3.63, 3.8) is 0 Å². The maximum Gasteiger partial charge on any atom is 0.394 e. The third kappa shape index (κ3) is 3.38. The molecule has 1 saturated carbocycles. The van der Waals surface area contributed by atoms with E-state index < -0.39 is 5.41 Å². The topological polar surface area (TPSA) is 40.3 Å². The summed E-state index contributed by atoms with van der Waals surface area (Å²) in [6.07, 6.45) is 4.31. The number of rotatable bonds is 3. The highest BCUT2D eigenvalue weighted by Crippen LogP contribution is 2.36. The molecule has 0 aliphatic heterocycles. The molecule has 0 radical (unpaired) electrons. The van der Waals surface area contributed by atoms with Gasteiger partial charge in [0.1, 0.15) is 12.1 Å². The molecule has 1 aliphatic carbocycles. The van der Waals surface area contributed by atoms with Gasteiger partial charge in [-0.3, -0.25) is 0 Å². The fourth-order valence-electron chi connectivity index (χ4n) is 2.32. The van der Waals surface area contributed by atoms with E-state index in [2.05, 4.69) is 20.6 Å². The summed E-state index contributed by atoms with van der Waals surface area (Å²) in [4.78, 5) is 12.2. The number of aliphatic hydroxyl groups is 1. The largest absolute Gasteiger partial charge is 0.395 e. The Morgan fingerprint density at radius 2 is 1.88 bits per heavy atom. The average molecular weight is 240 g/mol. The molecule has 0 atom stereocenters. The van der Waals surface area contributed by atoms with Crippen LogP contribution in [0, 0.1) is 10.8 Å². The zero-order chi connectivity index (χ0) is 13.3. The molecule has 0 heterocycles. The summed E-state index contributed by atoms with van der Waals surface area (Å²) < 4.78 is 1.60. The summed E-state index contributed by atoms with van der Waals surface area (Å²) in [5, 5.41) is 9.22. The molecular formula is C14H26NO2+. The molecular weight excluding hydrogens is 214 g/mol. The zero-order valence-corrected chi connectivity index (χ0v) is 11.6. The van der Waals surface area contributed by atoms with Crippen LogP contribution in [0.1, 0.15) is 53.4 Å². The van der Waals surface area contributed by atoms with Crippen LogP contribution >= 0.6 is 0 Å². The van der Waals surface area contributed by atoms with Crippen molar-refractivity contribution < 1.29 is 14.5 Å². The first-order valence-electron chi connectivity index (χ1n) is 6.45. The van der Waals surface area contributed by atoms with Gasteiger partial charge in [-0.2, -0.15) is 4.58 Å². The Balaban J connectivity index is 2.64. The van der Waals surface area contributed by atoms with Crippen molar-refractivity contribution in [2.24, 2.45) is 10.8 Å². The second kappa shape index (κ2) is 4.89. The van der Waals surface area contributed by atoms with Crippen molar-refractivity contribution in [3.05, 3.63) is 0 Å². The minimum Gasteiger partial charge on any atom is -0.395 e. The van der Waals surface area contributed by atoms with Crippen molar-refractivity contribution in [2.75, 3.05) is 6.61 Å². The Kier molecular flexibility index (Phi) is 4.13. The van der Waals surface area contributed by atoms with Gasteiger partial charge in [0, 0.05) is 12.8 Å². The lowest BCUT2D eigenvalue weighted by molar-refractivity contribution is -0.494. The molecule has 3 nitrogen and oxygen atoms in total. The van der Waals surface area contributed by atoms with Gasteiger partial charge in [0.05, 0.1) is 6.61 Å². The Morgan fingerprint density at radius 3 is 2.29 bits per heavy atom. The van der Waals surface area contributed by atoms with E-state index in [9.17, 15) is 9.90 Å². The molecule has 0 spiro atoms. The summed E-state index contributed by atoms with van der Waals surface area (Å²) in [6.45, 7) is 11.8. The molecule has 1 N–H and O–H groups in total. The monoisotopic (exact) mass is 240 g/mol. The molecule has 0 saturated heterocycles. The Bertz CT molecular complexity index is 308. The Labute approximate surface area is 105 Å². The van der Waals surface area contributed by atoms with Crippen molar-refractivity contribution in [1.82, 2.24) is 0 Å². The number of nitrogens with zero attached hydrogens (tertiary/aromatic N) is 1. The van der Waals surface area contributed by atoms with Gasteiger partial charge in [-0.05, 0) is 32.1 Å². The van der Waals surface area contributed by atoms with Gasteiger partial charge >= 0.3 is 5.91 Å². The molecule has 98 valence electrons. The van der Waals surface area contributed by atoms with E-state index in [1.54, 1.807) is 18.4 Å². The van der Waals surface area contributed by atoms with Gasteiger partial charge in [0.2, 0.25) is 0 Å². The highest BCUT2D eigenvalue weighted by molar-refractivity contribution is 5.75. The van der Waals surface area contributed by atoms with Crippen LogP contribution in [-0.4, -0.2) is 35.0 Å². The smallest absolute Gasteiger partial charge is 0.394 e. The quantitative estimate of drug-likeness (QED) is 0.607. The molecule has 1 rings (SSSR count). The van der Waals surface area contributed by atoms with E-state index >= 15 is 0 Å². The van der Waals surface area contributed by atoms with Gasteiger partial charge in [-0.1, -0.05) is 13.8 Å². The summed E-state index contributed by atoms with van der Waals surface area (Å²) in [5.74, 6) is -0.0512. The maximum absolute atomic E-state index is 12.2. The highest BCUT2D eigenvalue weighted by Gasteiger charge is 2.41. The van der Waals surface area contributed by atoms with Crippen LogP contribution < -0.4 is 0 Å². The van der Waals surface area contributed by atoms with E-state index in [1.807, 2.05) is 0 Å². The molecule has 3 heteroatoms. The van der Waals surface area contributed by atoms with E-state index in [0.717, 1.165) is 25.7 Å². The van der Waals surface area contributed by atoms with Crippen LogP contribution in [-0.2, 0) is 4.79 Å². The lowest BCUT2D eigenvalue weighted by Gasteiger charge is -2.32. The second-order valence-electron chi connectivity index (χ2n) is 6.71. The minimum absolute atomic E-state index is 0.0512. The van der Waals surface area contributed by atoms with Crippen molar-refractivity contribution in [3.8, 4) is 0 Å². The summed E-state index contributed by atoms with van der Waals surface area (Å²) >= 11 is 0. The standard InChI is InChI=1S/C14H26NO2/c1-13(2)8-6-11(7-9-13)15(5)12(17)14(3,4)10-16/h11,16H,5-10H2,1-4H3/q+1. The predicted octanol–water partition coefficient (Wildman–Crippen LogP) is 2.21. The third-order valence-corrected chi connectivity index (χ3v) is 3.98. The number of aliphatic hydroxyl groups excluding tert-OH is 1. The van der Waals surface area contributed by atoms with Gasteiger partial charge in [0.25, 0.3) is 0 Å². The van der Waals surface area contributed by atoms with Crippen molar-refractivity contribution >= 4 is 12.6 Å². The fourth-order valence-corrected chi connectivity index (χ4v) is 2.32. The molecule has 0 aromatic rings. The van der Waals surface area contributed by atoms with Crippen LogP contribution in [0.15, 0.2) is 0 Å².